The maximum Gasteiger partial charge on any atom is 0.0465 e. The number of benzene rings is 1. The van der Waals surface area contributed by atoms with Crippen LogP contribution in [0.15, 0.2) is 30.3 Å². The zero-order chi connectivity index (χ0) is 12.3. The molecule has 0 bridgehead atoms. The molecule has 0 radical (unpaired) electrons. The normalized spacial score (nSPS) is 12.6. The van der Waals surface area contributed by atoms with E-state index < -0.39 is 0 Å². The third-order valence-corrected chi connectivity index (χ3v) is 2.89. The van der Waals surface area contributed by atoms with Gasteiger partial charge in [0.25, 0.3) is 0 Å². The summed E-state index contributed by atoms with van der Waals surface area (Å²) in [6.07, 6.45) is 3.56. The summed E-state index contributed by atoms with van der Waals surface area (Å²) in [6.45, 7) is 6.95. The molecule has 0 fully saturated rings. The highest BCUT2D eigenvalue weighted by Crippen LogP contribution is 2.18. The van der Waals surface area contributed by atoms with Crippen LogP contribution in [0, 0.1) is 0 Å². The van der Waals surface area contributed by atoms with Gasteiger partial charge in [0.15, 0.2) is 0 Å². The molecule has 0 spiro atoms. The minimum absolute atomic E-state index is 0.489. The van der Waals surface area contributed by atoms with E-state index in [1.807, 2.05) is 6.92 Å². The van der Waals surface area contributed by atoms with Gasteiger partial charge in [-0.05, 0) is 38.3 Å². The largest absolute Gasteiger partial charge is 0.382 e. The van der Waals surface area contributed by atoms with Crippen molar-refractivity contribution in [1.82, 2.24) is 5.32 Å². The van der Waals surface area contributed by atoms with E-state index in [2.05, 4.69) is 42.6 Å². The van der Waals surface area contributed by atoms with Crippen molar-refractivity contribution in [3.63, 3.8) is 0 Å². The molecule has 17 heavy (non-hydrogen) atoms. The van der Waals surface area contributed by atoms with Gasteiger partial charge in [0.05, 0.1) is 0 Å². The Morgan fingerprint density at radius 3 is 2.53 bits per heavy atom. The van der Waals surface area contributed by atoms with Gasteiger partial charge in [-0.2, -0.15) is 0 Å². The van der Waals surface area contributed by atoms with Crippen molar-refractivity contribution in [3.05, 3.63) is 35.9 Å². The van der Waals surface area contributed by atoms with Crippen molar-refractivity contribution in [2.75, 3.05) is 19.8 Å². The topological polar surface area (TPSA) is 21.3 Å². The molecule has 1 N–H and O–H groups in total. The summed E-state index contributed by atoms with van der Waals surface area (Å²) in [5, 5.41) is 3.55. The highest BCUT2D eigenvalue weighted by Gasteiger charge is 2.08. The second-order valence-corrected chi connectivity index (χ2v) is 4.21. The molecule has 1 aromatic carbocycles. The Kier molecular flexibility index (Phi) is 7.69. The zero-order valence-corrected chi connectivity index (χ0v) is 11.1. The maximum absolute atomic E-state index is 5.36. The number of unbranched alkanes of at least 4 members (excludes halogenated alkanes) is 1. The molecule has 96 valence electrons. The lowest BCUT2D eigenvalue weighted by Gasteiger charge is -2.18. The van der Waals surface area contributed by atoms with Gasteiger partial charge in [0.1, 0.15) is 0 Å². The molecule has 0 amide bonds. The summed E-state index contributed by atoms with van der Waals surface area (Å²) < 4.78 is 5.36. The fraction of sp³-hybridized carbons (Fsp3) is 0.600. The fourth-order valence-corrected chi connectivity index (χ4v) is 2.02. The Morgan fingerprint density at radius 1 is 1.12 bits per heavy atom. The first-order chi connectivity index (χ1) is 8.38. The fourth-order valence-electron chi connectivity index (χ4n) is 2.02. The van der Waals surface area contributed by atoms with Gasteiger partial charge in [0, 0.05) is 19.3 Å². The smallest absolute Gasteiger partial charge is 0.0465 e. The highest BCUT2D eigenvalue weighted by atomic mass is 16.5. The minimum Gasteiger partial charge on any atom is -0.382 e. The first-order valence-corrected chi connectivity index (χ1v) is 6.74. The van der Waals surface area contributed by atoms with Gasteiger partial charge >= 0.3 is 0 Å². The van der Waals surface area contributed by atoms with Crippen LogP contribution in [0.3, 0.4) is 0 Å². The van der Waals surface area contributed by atoms with Crippen LogP contribution in [-0.2, 0) is 4.74 Å². The van der Waals surface area contributed by atoms with E-state index in [-0.39, 0.29) is 0 Å². The van der Waals surface area contributed by atoms with Gasteiger partial charge in [-0.1, -0.05) is 37.3 Å². The number of ether oxygens (including phenoxy) is 1. The number of hydrogen-bond acceptors (Lipinski definition) is 2. The molecular formula is C15H25NO. The van der Waals surface area contributed by atoms with E-state index in [0.29, 0.717) is 6.04 Å². The summed E-state index contributed by atoms with van der Waals surface area (Å²) in [6, 6.07) is 11.2. The van der Waals surface area contributed by atoms with Crippen LogP contribution >= 0.6 is 0 Å². The quantitative estimate of drug-likeness (QED) is 0.661. The number of hydrogen-bond donors (Lipinski definition) is 1. The highest BCUT2D eigenvalue weighted by molar-refractivity contribution is 5.18. The standard InChI is InChI=1S/C15H25NO/c1-3-16-15(12-8-9-13-17-4-2)14-10-6-5-7-11-14/h5-7,10-11,15-16H,3-4,8-9,12-13H2,1-2H3. The van der Waals surface area contributed by atoms with Crippen LogP contribution in [-0.4, -0.2) is 19.8 Å². The van der Waals surface area contributed by atoms with Crippen LogP contribution in [0.5, 0.6) is 0 Å². The average Bonchev–Trinajstić information content (AvgIpc) is 2.38. The molecule has 0 saturated heterocycles. The monoisotopic (exact) mass is 235 g/mol. The summed E-state index contributed by atoms with van der Waals surface area (Å²) in [5.74, 6) is 0. The van der Waals surface area contributed by atoms with Gasteiger partial charge in [-0.25, -0.2) is 0 Å². The van der Waals surface area contributed by atoms with Gasteiger partial charge < -0.3 is 10.1 Å². The van der Waals surface area contributed by atoms with Crippen LogP contribution < -0.4 is 5.32 Å². The van der Waals surface area contributed by atoms with Crippen LogP contribution in [0.2, 0.25) is 0 Å². The Morgan fingerprint density at radius 2 is 1.88 bits per heavy atom. The summed E-state index contributed by atoms with van der Waals surface area (Å²) in [4.78, 5) is 0. The van der Waals surface area contributed by atoms with Crippen molar-refractivity contribution in [2.24, 2.45) is 0 Å². The molecule has 1 unspecified atom stereocenters. The van der Waals surface area contributed by atoms with Crippen LogP contribution in [0.1, 0.15) is 44.7 Å². The first-order valence-electron chi connectivity index (χ1n) is 6.74. The second-order valence-electron chi connectivity index (χ2n) is 4.21. The number of rotatable bonds is 9. The van der Waals surface area contributed by atoms with Crippen LogP contribution in [0.4, 0.5) is 0 Å². The van der Waals surface area contributed by atoms with Crippen molar-refractivity contribution in [2.45, 2.75) is 39.2 Å². The van der Waals surface area contributed by atoms with Gasteiger partial charge in [0.2, 0.25) is 0 Å². The molecule has 0 aliphatic rings. The molecule has 0 heterocycles. The van der Waals surface area contributed by atoms with E-state index in [1.54, 1.807) is 0 Å². The van der Waals surface area contributed by atoms with Crippen LogP contribution in [0.25, 0.3) is 0 Å². The molecule has 1 atom stereocenters. The summed E-state index contributed by atoms with van der Waals surface area (Å²) in [5.41, 5.74) is 1.39. The first kappa shape index (κ1) is 14.2. The van der Waals surface area contributed by atoms with Crippen molar-refractivity contribution in [3.8, 4) is 0 Å². The predicted molar refractivity (Wildman–Crippen MR) is 73.2 cm³/mol. The Balaban J connectivity index is 2.33. The number of nitrogens with one attached hydrogen (secondary N) is 1. The minimum atomic E-state index is 0.489. The van der Waals surface area contributed by atoms with E-state index >= 15 is 0 Å². The molecule has 1 rings (SSSR count). The lowest BCUT2D eigenvalue weighted by Crippen LogP contribution is -2.20. The lowest BCUT2D eigenvalue weighted by atomic mass is 10.0. The molecule has 2 nitrogen and oxygen atoms in total. The molecule has 2 heteroatoms. The third-order valence-electron chi connectivity index (χ3n) is 2.89. The predicted octanol–water partition coefficient (Wildman–Crippen LogP) is 3.54. The summed E-state index contributed by atoms with van der Waals surface area (Å²) >= 11 is 0. The molecule has 0 saturated carbocycles. The molecule has 1 aromatic rings. The average molecular weight is 235 g/mol. The maximum atomic E-state index is 5.36. The SMILES string of the molecule is CCNC(CCCCOCC)c1ccccc1. The molecule has 0 aliphatic carbocycles. The lowest BCUT2D eigenvalue weighted by molar-refractivity contribution is 0.142. The van der Waals surface area contributed by atoms with Gasteiger partial charge in [-0.15, -0.1) is 0 Å². The Labute approximate surface area is 105 Å². The van der Waals surface area contributed by atoms with E-state index in [9.17, 15) is 0 Å². The van der Waals surface area contributed by atoms with E-state index in [1.165, 1.54) is 18.4 Å². The van der Waals surface area contributed by atoms with E-state index in [0.717, 1.165) is 26.2 Å². The molecule has 0 aliphatic heterocycles. The van der Waals surface area contributed by atoms with Gasteiger partial charge in [-0.3, -0.25) is 0 Å². The zero-order valence-electron chi connectivity index (χ0n) is 11.1. The van der Waals surface area contributed by atoms with Crippen molar-refractivity contribution >= 4 is 0 Å². The Hall–Kier alpha value is -0.860. The van der Waals surface area contributed by atoms with Crippen molar-refractivity contribution < 1.29 is 4.74 Å². The molecule has 0 aromatic heterocycles. The second kappa shape index (κ2) is 9.20. The third kappa shape index (κ3) is 5.85. The Bertz CT molecular complexity index is 274. The summed E-state index contributed by atoms with van der Waals surface area (Å²) in [7, 11) is 0. The van der Waals surface area contributed by atoms with E-state index in [4.69, 9.17) is 4.74 Å². The van der Waals surface area contributed by atoms with Crippen molar-refractivity contribution in [1.29, 1.82) is 0 Å². The molecular weight excluding hydrogens is 210 g/mol.